The van der Waals surface area contributed by atoms with E-state index in [9.17, 15) is 9.18 Å². The normalized spacial score (nSPS) is 10.6. The Labute approximate surface area is 152 Å². The first-order chi connectivity index (χ1) is 12.5. The molecule has 0 spiro atoms. The number of carbonyl (C=O) groups excluding carboxylic acids is 1. The number of amides is 1. The van der Waals surface area contributed by atoms with Gasteiger partial charge in [0.15, 0.2) is 0 Å². The molecule has 0 atom stereocenters. The van der Waals surface area contributed by atoms with E-state index in [1.165, 1.54) is 29.8 Å². The maximum atomic E-state index is 12.9. The lowest BCUT2D eigenvalue weighted by Crippen LogP contribution is -2.13. The molecule has 1 heterocycles. The third kappa shape index (κ3) is 4.45. The molecule has 0 saturated carbocycles. The molecule has 2 aromatic carbocycles. The van der Waals surface area contributed by atoms with Crippen LogP contribution in [0.5, 0.6) is 0 Å². The van der Waals surface area contributed by atoms with Crippen LogP contribution in [-0.4, -0.2) is 10.9 Å². The smallest absolute Gasteiger partial charge is 0.274 e. The first kappa shape index (κ1) is 17.6. The minimum Gasteiger partial charge on any atom is -0.355 e. The summed E-state index contributed by atoms with van der Waals surface area (Å²) in [5.41, 5.74) is 3.76. The Kier molecular flexibility index (Phi) is 5.27. The van der Waals surface area contributed by atoms with Crippen molar-refractivity contribution in [2.24, 2.45) is 0 Å². The molecule has 3 aromatic rings. The van der Waals surface area contributed by atoms with Crippen molar-refractivity contribution in [2.75, 3.05) is 10.6 Å². The van der Waals surface area contributed by atoms with E-state index in [0.29, 0.717) is 11.6 Å². The standard InChI is InChI=1S/C21H20FN3O/c1-14(2)15-3-7-17(8-4-15)24-19-11-12-23-20(13-19)21(26)25-18-9-5-16(22)6-10-18/h3-14H,1-2H3,(H,23,24)(H,25,26). The first-order valence-corrected chi connectivity index (χ1v) is 8.41. The molecule has 0 radical (unpaired) electrons. The second-order valence-corrected chi connectivity index (χ2v) is 6.29. The Balaban J connectivity index is 1.71. The van der Waals surface area contributed by atoms with Crippen LogP contribution in [0.3, 0.4) is 0 Å². The van der Waals surface area contributed by atoms with Crippen LogP contribution in [-0.2, 0) is 0 Å². The number of halogens is 1. The highest BCUT2D eigenvalue weighted by atomic mass is 19.1. The summed E-state index contributed by atoms with van der Waals surface area (Å²) >= 11 is 0. The summed E-state index contributed by atoms with van der Waals surface area (Å²) in [5, 5.41) is 5.97. The van der Waals surface area contributed by atoms with Crippen LogP contribution in [0, 0.1) is 5.82 Å². The number of rotatable bonds is 5. The second-order valence-electron chi connectivity index (χ2n) is 6.29. The van der Waals surface area contributed by atoms with Gasteiger partial charge in [-0.15, -0.1) is 0 Å². The third-order valence-corrected chi connectivity index (χ3v) is 3.96. The SMILES string of the molecule is CC(C)c1ccc(Nc2ccnc(C(=O)Nc3ccc(F)cc3)c2)cc1. The number of anilines is 3. The molecule has 3 rings (SSSR count). The lowest BCUT2D eigenvalue weighted by Gasteiger charge is -2.10. The number of benzene rings is 2. The third-order valence-electron chi connectivity index (χ3n) is 3.96. The number of carbonyl (C=O) groups is 1. The molecular weight excluding hydrogens is 329 g/mol. The Morgan fingerprint density at radius 1 is 0.923 bits per heavy atom. The number of aromatic nitrogens is 1. The van der Waals surface area contributed by atoms with Gasteiger partial charge >= 0.3 is 0 Å². The van der Waals surface area contributed by atoms with E-state index >= 15 is 0 Å². The highest BCUT2D eigenvalue weighted by Gasteiger charge is 2.09. The molecule has 0 saturated heterocycles. The number of hydrogen-bond acceptors (Lipinski definition) is 3. The molecular formula is C21H20FN3O. The van der Waals surface area contributed by atoms with E-state index in [-0.39, 0.29) is 17.4 Å². The van der Waals surface area contributed by atoms with Gasteiger partial charge in [0.05, 0.1) is 0 Å². The Morgan fingerprint density at radius 3 is 2.23 bits per heavy atom. The topological polar surface area (TPSA) is 54.0 Å². The summed E-state index contributed by atoms with van der Waals surface area (Å²) in [7, 11) is 0. The number of hydrogen-bond donors (Lipinski definition) is 2. The van der Waals surface area contributed by atoms with Gasteiger partial charge in [-0.3, -0.25) is 9.78 Å². The fourth-order valence-electron chi connectivity index (χ4n) is 2.48. The van der Waals surface area contributed by atoms with Gasteiger partial charge < -0.3 is 10.6 Å². The quantitative estimate of drug-likeness (QED) is 0.654. The summed E-state index contributed by atoms with van der Waals surface area (Å²) in [6.07, 6.45) is 1.57. The van der Waals surface area contributed by atoms with Crippen molar-refractivity contribution in [3.8, 4) is 0 Å². The number of pyridine rings is 1. The summed E-state index contributed by atoms with van der Waals surface area (Å²) < 4.78 is 12.9. The minimum atomic E-state index is -0.351. The monoisotopic (exact) mass is 349 g/mol. The maximum Gasteiger partial charge on any atom is 0.274 e. The van der Waals surface area contributed by atoms with Crippen molar-refractivity contribution in [1.82, 2.24) is 4.98 Å². The molecule has 132 valence electrons. The summed E-state index contributed by atoms with van der Waals surface area (Å²) in [4.78, 5) is 16.4. The highest BCUT2D eigenvalue weighted by molar-refractivity contribution is 6.03. The van der Waals surface area contributed by atoms with Crippen LogP contribution in [0.2, 0.25) is 0 Å². The first-order valence-electron chi connectivity index (χ1n) is 8.41. The molecule has 26 heavy (non-hydrogen) atoms. The molecule has 0 aliphatic heterocycles. The maximum absolute atomic E-state index is 12.9. The lowest BCUT2D eigenvalue weighted by atomic mass is 10.0. The van der Waals surface area contributed by atoms with Crippen LogP contribution >= 0.6 is 0 Å². The molecule has 0 bridgehead atoms. The predicted octanol–water partition coefficient (Wildman–Crippen LogP) is 5.34. The van der Waals surface area contributed by atoms with Gasteiger partial charge in [-0.25, -0.2) is 4.39 Å². The van der Waals surface area contributed by atoms with Crippen molar-refractivity contribution >= 4 is 23.0 Å². The van der Waals surface area contributed by atoms with Crippen molar-refractivity contribution in [3.63, 3.8) is 0 Å². The Bertz CT molecular complexity index is 890. The van der Waals surface area contributed by atoms with Crippen LogP contribution in [0.4, 0.5) is 21.5 Å². The summed E-state index contributed by atoms with van der Waals surface area (Å²) in [6.45, 7) is 4.30. The summed E-state index contributed by atoms with van der Waals surface area (Å²) in [6, 6.07) is 17.2. The molecule has 1 aromatic heterocycles. The van der Waals surface area contributed by atoms with E-state index in [4.69, 9.17) is 0 Å². The molecule has 0 aliphatic carbocycles. The zero-order chi connectivity index (χ0) is 18.5. The van der Waals surface area contributed by atoms with Gasteiger partial charge in [0, 0.05) is 23.3 Å². The summed E-state index contributed by atoms with van der Waals surface area (Å²) in [5.74, 6) is -0.224. The average molecular weight is 349 g/mol. The molecule has 0 aliphatic rings. The van der Waals surface area contributed by atoms with Crippen molar-refractivity contribution in [3.05, 3.63) is 83.9 Å². The second kappa shape index (κ2) is 7.78. The van der Waals surface area contributed by atoms with Gasteiger partial charge in [-0.05, 0) is 60.0 Å². The van der Waals surface area contributed by atoms with Crippen molar-refractivity contribution in [2.45, 2.75) is 19.8 Å². The molecule has 2 N–H and O–H groups in total. The number of nitrogens with zero attached hydrogens (tertiary/aromatic N) is 1. The zero-order valence-corrected chi connectivity index (χ0v) is 14.7. The van der Waals surface area contributed by atoms with Crippen molar-refractivity contribution < 1.29 is 9.18 Å². The van der Waals surface area contributed by atoms with Crippen LogP contribution in [0.25, 0.3) is 0 Å². The fraction of sp³-hybridized carbons (Fsp3) is 0.143. The van der Waals surface area contributed by atoms with E-state index in [2.05, 4.69) is 41.6 Å². The van der Waals surface area contributed by atoms with Crippen molar-refractivity contribution in [1.29, 1.82) is 0 Å². The van der Waals surface area contributed by atoms with Gasteiger partial charge in [-0.2, -0.15) is 0 Å². The van der Waals surface area contributed by atoms with Crippen LogP contribution < -0.4 is 10.6 Å². The Hall–Kier alpha value is -3.21. The van der Waals surface area contributed by atoms with Gasteiger partial charge in [0.2, 0.25) is 0 Å². The average Bonchev–Trinajstić information content (AvgIpc) is 2.64. The zero-order valence-electron chi connectivity index (χ0n) is 14.7. The molecule has 1 amide bonds. The van der Waals surface area contributed by atoms with Gasteiger partial charge in [0.25, 0.3) is 5.91 Å². The minimum absolute atomic E-state index is 0.276. The largest absolute Gasteiger partial charge is 0.355 e. The molecule has 0 unspecified atom stereocenters. The Morgan fingerprint density at radius 2 is 1.58 bits per heavy atom. The highest BCUT2D eigenvalue weighted by Crippen LogP contribution is 2.21. The molecule has 0 fully saturated rings. The van der Waals surface area contributed by atoms with E-state index in [0.717, 1.165) is 11.4 Å². The van der Waals surface area contributed by atoms with Gasteiger partial charge in [0.1, 0.15) is 11.5 Å². The molecule has 4 nitrogen and oxygen atoms in total. The fourth-order valence-corrected chi connectivity index (χ4v) is 2.48. The number of nitrogens with one attached hydrogen (secondary N) is 2. The molecule has 5 heteroatoms. The lowest BCUT2D eigenvalue weighted by molar-refractivity contribution is 0.102. The van der Waals surface area contributed by atoms with Crippen LogP contribution in [0.15, 0.2) is 66.9 Å². The van der Waals surface area contributed by atoms with Gasteiger partial charge in [-0.1, -0.05) is 26.0 Å². The predicted molar refractivity (Wildman–Crippen MR) is 102 cm³/mol. The van der Waals surface area contributed by atoms with E-state index < -0.39 is 0 Å². The van der Waals surface area contributed by atoms with Crippen LogP contribution in [0.1, 0.15) is 35.8 Å². The van der Waals surface area contributed by atoms with E-state index in [1.54, 1.807) is 18.3 Å². The van der Waals surface area contributed by atoms with E-state index in [1.807, 2.05) is 12.1 Å².